The Kier molecular flexibility index (Phi) is 3.32. The number of nitrogens with zero attached hydrogens (tertiary/aromatic N) is 2. The second kappa shape index (κ2) is 5.36. The Hall–Kier alpha value is -2.38. The van der Waals surface area contributed by atoms with Crippen LogP contribution in [0.1, 0.15) is 15.4 Å². The topological polar surface area (TPSA) is 54.9 Å². The molecule has 4 nitrogen and oxygen atoms in total. The first-order valence-corrected chi connectivity index (χ1v) is 8.47. The molecule has 4 rings (SSSR count). The minimum atomic E-state index is -0.371. The van der Waals surface area contributed by atoms with Crippen LogP contribution in [0.3, 0.4) is 0 Å². The highest BCUT2D eigenvalue weighted by atomic mass is 32.1. The lowest BCUT2D eigenvalue weighted by Crippen LogP contribution is -2.11. The van der Waals surface area contributed by atoms with Crippen molar-refractivity contribution in [2.75, 3.05) is 5.32 Å². The number of rotatable bonds is 2. The van der Waals surface area contributed by atoms with Crippen LogP contribution >= 0.6 is 22.7 Å². The van der Waals surface area contributed by atoms with Crippen molar-refractivity contribution in [2.24, 2.45) is 0 Å². The number of anilines is 1. The Morgan fingerprint density at radius 3 is 2.39 bits per heavy atom. The van der Waals surface area contributed by atoms with E-state index in [4.69, 9.17) is 0 Å². The van der Waals surface area contributed by atoms with E-state index in [1.807, 2.05) is 19.1 Å². The average molecular weight is 343 g/mol. The minimum Gasteiger partial charge on any atom is -0.298 e. The van der Waals surface area contributed by atoms with Gasteiger partial charge in [-0.1, -0.05) is 11.3 Å². The molecule has 0 unspecified atom stereocenters. The van der Waals surface area contributed by atoms with Crippen molar-refractivity contribution in [3.63, 3.8) is 0 Å². The van der Waals surface area contributed by atoms with Gasteiger partial charge in [0.15, 0.2) is 5.13 Å². The maximum atomic E-state index is 12.9. The molecule has 0 spiro atoms. The summed E-state index contributed by atoms with van der Waals surface area (Å²) in [6.07, 6.45) is 0. The number of carbonyl (C=O) groups is 1. The first-order valence-electron chi connectivity index (χ1n) is 6.84. The number of aryl methyl sites for hydroxylation is 1. The number of hydrogen-bond donors (Lipinski definition) is 1. The molecule has 0 aliphatic carbocycles. The number of fused-ring (bicyclic) bond motifs is 3. The molecule has 23 heavy (non-hydrogen) atoms. The van der Waals surface area contributed by atoms with Crippen molar-refractivity contribution < 1.29 is 9.18 Å². The summed E-state index contributed by atoms with van der Waals surface area (Å²) in [5.41, 5.74) is 2.17. The summed E-state index contributed by atoms with van der Waals surface area (Å²) in [4.78, 5) is 21.1. The van der Waals surface area contributed by atoms with Crippen LogP contribution in [0.15, 0.2) is 36.4 Å². The lowest BCUT2D eigenvalue weighted by molar-refractivity contribution is 0.102. The van der Waals surface area contributed by atoms with Gasteiger partial charge in [-0.15, -0.1) is 11.3 Å². The number of hydrogen-bond acceptors (Lipinski definition) is 5. The van der Waals surface area contributed by atoms with Crippen molar-refractivity contribution in [3.05, 3.63) is 52.8 Å². The first-order chi connectivity index (χ1) is 11.1. The second-order valence-electron chi connectivity index (χ2n) is 4.97. The Labute approximate surface area is 138 Å². The van der Waals surface area contributed by atoms with Crippen LogP contribution in [0.2, 0.25) is 0 Å². The maximum absolute atomic E-state index is 12.9. The molecule has 0 atom stereocenters. The van der Waals surface area contributed by atoms with Gasteiger partial charge < -0.3 is 0 Å². The zero-order chi connectivity index (χ0) is 16.0. The van der Waals surface area contributed by atoms with Gasteiger partial charge in [0, 0.05) is 5.56 Å². The monoisotopic (exact) mass is 343 g/mol. The zero-order valence-electron chi connectivity index (χ0n) is 12.0. The summed E-state index contributed by atoms with van der Waals surface area (Å²) in [5.74, 6) is -0.676. The molecule has 0 bridgehead atoms. The number of thiazole rings is 2. The van der Waals surface area contributed by atoms with E-state index in [0.29, 0.717) is 10.7 Å². The smallest absolute Gasteiger partial charge is 0.257 e. The maximum Gasteiger partial charge on any atom is 0.257 e. The number of halogens is 1. The molecule has 0 aliphatic rings. The van der Waals surface area contributed by atoms with E-state index in [9.17, 15) is 9.18 Å². The van der Waals surface area contributed by atoms with Gasteiger partial charge in [-0.3, -0.25) is 10.1 Å². The van der Waals surface area contributed by atoms with Crippen LogP contribution in [-0.4, -0.2) is 15.9 Å². The predicted molar refractivity (Wildman–Crippen MR) is 91.9 cm³/mol. The third-order valence-electron chi connectivity index (χ3n) is 3.35. The lowest BCUT2D eigenvalue weighted by atomic mass is 10.2. The molecule has 0 aliphatic heterocycles. The van der Waals surface area contributed by atoms with Gasteiger partial charge >= 0.3 is 0 Å². The van der Waals surface area contributed by atoms with Gasteiger partial charge in [0.05, 0.1) is 25.4 Å². The number of carbonyl (C=O) groups excluding carboxylic acids is 1. The third-order valence-corrected chi connectivity index (χ3v) is 5.48. The van der Waals surface area contributed by atoms with E-state index < -0.39 is 0 Å². The van der Waals surface area contributed by atoms with Crippen molar-refractivity contribution in [2.45, 2.75) is 6.92 Å². The van der Waals surface area contributed by atoms with Gasteiger partial charge in [0.1, 0.15) is 5.82 Å². The summed E-state index contributed by atoms with van der Waals surface area (Å²) in [5, 5.41) is 4.29. The summed E-state index contributed by atoms with van der Waals surface area (Å²) in [6, 6.07) is 9.26. The van der Waals surface area contributed by atoms with E-state index in [0.717, 1.165) is 25.4 Å². The molecule has 0 saturated carbocycles. The minimum absolute atomic E-state index is 0.305. The largest absolute Gasteiger partial charge is 0.298 e. The normalized spacial score (nSPS) is 11.2. The Balaban J connectivity index is 1.70. The zero-order valence-corrected chi connectivity index (χ0v) is 13.6. The number of benzene rings is 2. The molecule has 4 aromatic rings. The van der Waals surface area contributed by atoms with Crippen LogP contribution in [0.4, 0.5) is 9.52 Å². The van der Waals surface area contributed by atoms with E-state index in [1.54, 1.807) is 11.3 Å². The summed E-state index contributed by atoms with van der Waals surface area (Å²) >= 11 is 3.04. The van der Waals surface area contributed by atoms with Gasteiger partial charge in [-0.25, -0.2) is 14.4 Å². The molecule has 2 aromatic carbocycles. The molecule has 2 heterocycles. The lowest BCUT2D eigenvalue weighted by Gasteiger charge is -2.00. The van der Waals surface area contributed by atoms with Gasteiger partial charge in [0.2, 0.25) is 0 Å². The van der Waals surface area contributed by atoms with Crippen LogP contribution < -0.4 is 5.32 Å². The summed E-state index contributed by atoms with van der Waals surface area (Å²) in [7, 11) is 0. The molecule has 1 N–H and O–H groups in total. The van der Waals surface area contributed by atoms with Gasteiger partial charge in [-0.05, 0) is 43.3 Å². The van der Waals surface area contributed by atoms with Crippen LogP contribution in [-0.2, 0) is 0 Å². The standard InChI is InChI=1S/C16H10FN3OS2/c1-8-18-11-6-7-12-14(13(11)22-8)23-16(19-12)20-15(21)9-2-4-10(17)5-3-9/h2-7H,1H3,(H,19,20,21). The highest BCUT2D eigenvalue weighted by molar-refractivity contribution is 7.28. The number of nitrogens with one attached hydrogen (secondary N) is 1. The van der Waals surface area contributed by atoms with E-state index in [-0.39, 0.29) is 11.7 Å². The third kappa shape index (κ3) is 2.58. The van der Waals surface area contributed by atoms with Gasteiger partial charge in [-0.2, -0.15) is 0 Å². The molecule has 0 radical (unpaired) electrons. The van der Waals surface area contributed by atoms with E-state index >= 15 is 0 Å². The summed E-state index contributed by atoms with van der Waals surface area (Å²) < 4.78 is 15.0. The molecule has 1 amide bonds. The van der Waals surface area contributed by atoms with Crippen LogP contribution in [0.5, 0.6) is 0 Å². The molecule has 0 fully saturated rings. The Morgan fingerprint density at radius 2 is 1.65 bits per heavy atom. The molecule has 2 aromatic heterocycles. The number of amides is 1. The highest BCUT2D eigenvalue weighted by Crippen LogP contribution is 2.35. The quantitative estimate of drug-likeness (QED) is 0.578. The number of aromatic nitrogens is 2. The second-order valence-corrected chi connectivity index (χ2v) is 7.18. The summed E-state index contributed by atoms with van der Waals surface area (Å²) in [6.45, 7) is 1.97. The van der Waals surface area contributed by atoms with Crippen molar-refractivity contribution in [3.8, 4) is 0 Å². The molecular formula is C16H10FN3OS2. The van der Waals surface area contributed by atoms with Crippen LogP contribution in [0, 0.1) is 12.7 Å². The van der Waals surface area contributed by atoms with Crippen molar-refractivity contribution in [1.82, 2.24) is 9.97 Å². The SMILES string of the molecule is Cc1nc2ccc3nc(NC(=O)c4ccc(F)cc4)sc3c2s1. The van der Waals surface area contributed by atoms with E-state index in [2.05, 4.69) is 15.3 Å². The van der Waals surface area contributed by atoms with Crippen molar-refractivity contribution in [1.29, 1.82) is 0 Å². The fourth-order valence-electron chi connectivity index (χ4n) is 2.31. The van der Waals surface area contributed by atoms with Crippen LogP contribution in [0.25, 0.3) is 20.4 Å². The Morgan fingerprint density at radius 1 is 1.00 bits per heavy atom. The van der Waals surface area contributed by atoms with Gasteiger partial charge in [0.25, 0.3) is 5.91 Å². The predicted octanol–water partition coefficient (Wildman–Crippen LogP) is 4.61. The Bertz CT molecular complexity index is 1040. The molecular weight excluding hydrogens is 333 g/mol. The van der Waals surface area contributed by atoms with Crippen molar-refractivity contribution >= 4 is 54.1 Å². The average Bonchev–Trinajstić information content (AvgIpc) is 3.09. The highest BCUT2D eigenvalue weighted by Gasteiger charge is 2.13. The first kappa shape index (κ1) is 14.2. The molecule has 7 heteroatoms. The fraction of sp³-hybridized carbons (Fsp3) is 0.0625. The molecule has 114 valence electrons. The van der Waals surface area contributed by atoms with E-state index in [1.165, 1.54) is 35.6 Å². The molecule has 0 saturated heterocycles. The fourth-order valence-corrected chi connectivity index (χ4v) is 4.31.